The average molecular weight is 469 g/mol. The Labute approximate surface area is 194 Å². The highest BCUT2D eigenvalue weighted by Crippen LogP contribution is 2.30. The minimum absolute atomic E-state index is 0.120. The summed E-state index contributed by atoms with van der Waals surface area (Å²) in [5.74, 6) is 0.701. The SMILES string of the molecule is CCn1c(SCC(=O)Nc2cccc(SC)c2)nc2c3cc(OC)ccc3n(C)c2c1=O. The Bertz CT molecular complexity index is 1380. The molecule has 166 valence electrons. The van der Waals surface area contributed by atoms with Gasteiger partial charge in [-0.25, -0.2) is 4.98 Å². The zero-order chi connectivity index (χ0) is 22.8. The summed E-state index contributed by atoms with van der Waals surface area (Å²) >= 11 is 2.88. The van der Waals surface area contributed by atoms with Gasteiger partial charge in [0.05, 0.1) is 18.4 Å². The maximum Gasteiger partial charge on any atom is 0.278 e. The van der Waals surface area contributed by atoms with Crippen LogP contribution in [0.2, 0.25) is 0 Å². The normalized spacial score (nSPS) is 11.2. The van der Waals surface area contributed by atoms with Crippen LogP contribution >= 0.6 is 23.5 Å². The smallest absolute Gasteiger partial charge is 0.278 e. The number of anilines is 1. The van der Waals surface area contributed by atoms with Crippen LogP contribution in [0.1, 0.15) is 6.92 Å². The summed E-state index contributed by atoms with van der Waals surface area (Å²) in [5, 5.41) is 4.29. The maximum atomic E-state index is 13.3. The average Bonchev–Trinajstić information content (AvgIpc) is 3.09. The Morgan fingerprint density at radius 1 is 1.22 bits per heavy atom. The molecule has 0 saturated carbocycles. The molecule has 2 aromatic heterocycles. The molecule has 0 radical (unpaired) electrons. The molecule has 0 spiro atoms. The molecule has 2 heterocycles. The zero-order valence-electron chi connectivity index (χ0n) is 18.3. The highest BCUT2D eigenvalue weighted by molar-refractivity contribution is 7.99. The van der Waals surface area contributed by atoms with Gasteiger partial charge in [-0.3, -0.25) is 14.2 Å². The van der Waals surface area contributed by atoms with Gasteiger partial charge in [0.25, 0.3) is 5.56 Å². The summed E-state index contributed by atoms with van der Waals surface area (Å²) < 4.78 is 8.84. The summed E-state index contributed by atoms with van der Waals surface area (Å²) in [6, 6.07) is 13.4. The molecule has 0 unspecified atom stereocenters. The lowest BCUT2D eigenvalue weighted by Gasteiger charge is -2.11. The number of amides is 1. The topological polar surface area (TPSA) is 78.2 Å². The summed E-state index contributed by atoms with van der Waals surface area (Å²) in [6.45, 7) is 2.37. The molecule has 32 heavy (non-hydrogen) atoms. The van der Waals surface area contributed by atoms with E-state index in [1.165, 1.54) is 11.8 Å². The minimum atomic E-state index is -0.148. The Morgan fingerprint density at radius 2 is 2.03 bits per heavy atom. The molecule has 0 aliphatic carbocycles. The first-order valence-electron chi connectivity index (χ1n) is 10.1. The van der Waals surface area contributed by atoms with Gasteiger partial charge in [0.1, 0.15) is 16.8 Å². The van der Waals surface area contributed by atoms with Crippen molar-refractivity contribution >= 4 is 57.1 Å². The second kappa shape index (κ2) is 9.30. The summed E-state index contributed by atoms with van der Waals surface area (Å²) in [5.41, 5.74) is 2.69. The lowest BCUT2D eigenvalue weighted by atomic mass is 10.2. The first-order valence-corrected chi connectivity index (χ1v) is 12.3. The van der Waals surface area contributed by atoms with Gasteiger partial charge in [-0.05, 0) is 49.6 Å². The van der Waals surface area contributed by atoms with Crippen LogP contribution in [0.5, 0.6) is 5.75 Å². The second-order valence-corrected chi connectivity index (χ2v) is 8.97. The fourth-order valence-corrected chi connectivity index (χ4v) is 4.99. The standard InChI is InChI=1S/C23H24N4O3S2/c1-5-27-22(29)21-20(17-12-15(30-3)9-10-18(17)26(21)2)25-23(27)32-13-19(28)24-14-7-6-8-16(11-14)31-4/h6-12H,5,13H2,1-4H3,(H,24,28). The van der Waals surface area contributed by atoms with Crippen LogP contribution in [0.15, 0.2) is 57.3 Å². The van der Waals surface area contributed by atoms with E-state index in [9.17, 15) is 9.59 Å². The van der Waals surface area contributed by atoms with Crippen molar-refractivity contribution in [3.63, 3.8) is 0 Å². The molecule has 0 fully saturated rings. The third-order valence-corrected chi connectivity index (χ3v) is 6.97. The summed E-state index contributed by atoms with van der Waals surface area (Å²) in [4.78, 5) is 31.7. The third kappa shape index (κ3) is 4.10. The molecule has 0 aliphatic heterocycles. The number of nitrogens with one attached hydrogen (secondary N) is 1. The fraction of sp³-hybridized carbons (Fsp3) is 0.261. The highest BCUT2D eigenvalue weighted by Gasteiger charge is 2.19. The van der Waals surface area contributed by atoms with Gasteiger partial charge in [-0.2, -0.15) is 0 Å². The van der Waals surface area contributed by atoms with E-state index < -0.39 is 0 Å². The molecular weight excluding hydrogens is 444 g/mol. The first kappa shape index (κ1) is 22.3. The number of fused-ring (bicyclic) bond motifs is 3. The molecule has 0 atom stereocenters. The quantitative estimate of drug-likeness (QED) is 0.321. The van der Waals surface area contributed by atoms with Gasteiger partial charge < -0.3 is 14.6 Å². The predicted molar refractivity (Wildman–Crippen MR) is 132 cm³/mol. The van der Waals surface area contributed by atoms with Crippen LogP contribution in [0.25, 0.3) is 21.9 Å². The highest BCUT2D eigenvalue weighted by atomic mass is 32.2. The van der Waals surface area contributed by atoms with Crippen LogP contribution < -0.4 is 15.6 Å². The Hall–Kier alpha value is -2.91. The van der Waals surface area contributed by atoms with Crippen molar-refractivity contribution < 1.29 is 9.53 Å². The molecule has 0 aliphatic rings. The number of aryl methyl sites for hydroxylation is 1. The van der Waals surface area contributed by atoms with E-state index in [1.54, 1.807) is 23.4 Å². The van der Waals surface area contributed by atoms with E-state index in [4.69, 9.17) is 9.72 Å². The number of hydrogen-bond donors (Lipinski definition) is 1. The molecule has 7 nitrogen and oxygen atoms in total. The van der Waals surface area contributed by atoms with Crippen LogP contribution in [0.3, 0.4) is 0 Å². The summed E-state index contributed by atoms with van der Waals surface area (Å²) in [7, 11) is 3.47. The van der Waals surface area contributed by atoms with Gasteiger partial charge >= 0.3 is 0 Å². The summed E-state index contributed by atoms with van der Waals surface area (Å²) in [6.07, 6.45) is 1.99. The number of hydrogen-bond acceptors (Lipinski definition) is 6. The fourth-order valence-electron chi connectivity index (χ4n) is 3.68. The monoisotopic (exact) mass is 468 g/mol. The van der Waals surface area contributed by atoms with Crippen LogP contribution in [0, 0.1) is 0 Å². The number of thioether (sulfide) groups is 2. The van der Waals surface area contributed by atoms with E-state index in [2.05, 4.69) is 5.32 Å². The van der Waals surface area contributed by atoms with Crippen LogP contribution in [-0.2, 0) is 18.4 Å². The van der Waals surface area contributed by atoms with Crippen molar-refractivity contribution in [2.45, 2.75) is 23.5 Å². The van der Waals surface area contributed by atoms with E-state index in [-0.39, 0.29) is 17.2 Å². The molecular formula is C23H24N4O3S2. The lowest BCUT2D eigenvalue weighted by molar-refractivity contribution is -0.113. The van der Waals surface area contributed by atoms with E-state index >= 15 is 0 Å². The molecule has 9 heteroatoms. The van der Waals surface area contributed by atoms with Gasteiger partial charge in [0, 0.05) is 29.6 Å². The van der Waals surface area contributed by atoms with Crippen LogP contribution in [-0.4, -0.2) is 39.1 Å². The number of carbonyl (C=O) groups excluding carboxylic acids is 1. The van der Waals surface area contributed by atoms with E-state index in [1.807, 2.05) is 67.3 Å². The van der Waals surface area contributed by atoms with Crippen molar-refractivity contribution in [2.24, 2.45) is 7.05 Å². The third-order valence-electron chi connectivity index (χ3n) is 5.27. The van der Waals surface area contributed by atoms with E-state index in [0.29, 0.717) is 28.5 Å². The number of aromatic nitrogens is 3. The van der Waals surface area contributed by atoms with Gasteiger partial charge in [-0.15, -0.1) is 11.8 Å². The Morgan fingerprint density at radius 3 is 2.75 bits per heavy atom. The molecule has 4 rings (SSSR count). The molecule has 0 bridgehead atoms. The van der Waals surface area contributed by atoms with Crippen molar-refractivity contribution in [2.75, 3.05) is 24.4 Å². The number of benzene rings is 2. The van der Waals surface area contributed by atoms with Crippen molar-refractivity contribution in [3.8, 4) is 5.75 Å². The van der Waals surface area contributed by atoms with Gasteiger partial charge in [-0.1, -0.05) is 17.8 Å². The predicted octanol–water partition coefficient (Wildman–Crippen LogP) is 4.37. The Kier molecular flexibility index (Phi) is 6.48. The number of ether oxygens (including phenoxy) is 1. The van der Waals surface area contributed by atoms with Gasteiger partial charge in [0.15, 0.2) is 5.16 Å². The molecule has 0 saturated heterocycles. The largest absolute Gasteiger partial charge is 0.497 e. The van der Waals surface area contributed by atoms with Crippen molar-refractivity contribution in [1.29, 1.82) is 0 Å². The van der Waals surface area contributed by atoms with Gasteiger partial charge in [0.2, 0.25) is 5.91 Å². The van der Waals surface area contributed by atoms with Crippen LogP contribution in [0.4, 0.5) is 5.69 Å². The number of rotatable bonds is 7. The molecule has 4 aromatic rings. The Balaban J connectivity index is 1.68. The molecule has 1 N–H and O–H groups in total. The second-order valence-electron chi connectivity index (χ2n) is 7.15. The lowest BCUT2D eigenvalue weighted by Crippen LogP contribution is -2.24. The zero-order valence-corrected chi connectivity index (χ0v) is 20.0. The molecule has 2 aromatic carbocycles. The minimum Gasteiger partial charge on any atom is -0.497 e. The van der Waals surface area contributed by atoms with E-state index in [0.717, 1.165) is 21.5 Å². The number of nitrogens with zero attached hydrogens (tertiary/aromatic N) is 3. The first-order chi connectivity index (χ1) is 15.5. The van der Waals surface area contributed by atoms with Crippen molar-refractivity contribution in [3.05, 3.63) is 52.8 Å². The number of methoxy groups -OCH3 is 1. The van der Waals surface area contributed by atoms with Crippen molar-refractivity contribution in [1.82, 2.24) is 14.1 Å². The number of carbonyl (C=O) groups is 1. The molecule has 1 amide bonds. The maximum absolute atomic E-state index is 13.3.